The zero-order valence-corrected chi connectivity index (χ0v) is 14.6. The van der Waals surface area contributed by atoms with E-state index in [1.807, 2.05) is 0 Å². The Bertz CT molecular complexity index is 779. The first-order valence-corrected chi connectivity index (χ1v) is 8.47. The molecule has 1 saturated heterocycles. The highest BCUT2D eigenvalue weighted by Gasteiger charge is 2.21. The SMILES string of the molecule is COc1ccc(F)cc1-c1cc(NC(=O)[C@@H]2CCCNC2)ncc1Cl. The smallest absolute Gasteiger partial charge is 0.229 e. The van der Waals surface area contributed by atoms with Crippen LogP contribution in [0.5, 0.6) is 5.75 Å². The van der Waals surface area contributed by atoms with Crippen LogP contribution < -0.4 is 15.4 Å². The third kappa shape index (κ3) is 4.08. The Morgan fingerprint density at radius 3 is 2.96 bits per heavy atom. The normalized spacial score (nSPS) is 17.2. The number of halogens is 2. The van der Waals surface area contributed by atoms with E-state index in [-0.39, 0.29) is 11.8 Å². The molecule has 7 heteroatoms. The zero-order valence-electron chi connectivity index (χ0n) is 13.8. The number of piperidine rings is 1. The van der Waals surface area contributed by atoms with E-state index in [2.05, 4.69) is 15.6 Å². The summed E-state index contributed by atoms with van der Waals surface area (Å²) >= 11 is 6.23. The number of ether oxygens (including phenoxy) is 1. The minimum absolute atomic E-state index is 0.0841. The molecule has 0 unspecified atom stereocenters. The van der Waals surface area contributed by atoms with E-state index in [1.165, 1.54) is 31.5 Å². The van der Waals surface area contributed by atoms with Crippen LogP contribution in [0.4, 0.5) is 10.2 Å². The molecule has 0 spiro atoms. The van der Waals surface area contributed by atoms with Crippen LogP contribution in [0, 0.1) is 11.7 Å². The van der Waals surface area contributed by atoms with Crippen LogP contribution in [0.3, 0.4) is 0 Å². The molecule has 1 aliphatic rings. The van der Waals surface area contributed by atoms with Gasteiger partial charge >= 0.3 is 0 Å². The van der Waals surface area contributed by atoms with Crippen molar-refractivity contribution < 1.29 is 13.9 Å². The molecule has 1 aromatic heterocycles. The van der Waals surface area contributed by atoms with Crippen LogP contribution >= 0.6 is 11.6 Å². The number of nitrogens with one attached hydrogen (secondary N) is 2. The number of hydrogen-bond acceptors (Lipinski definition) is 4. The fourth-order valence-electron chi connectivity index (χ4n) is 2.91. The number of benzene rings is 1. The van der Waals surface area contributed by atoms with E-state index in [9.17, 15) is 9.18 Å². The molecule has 1 fully saturated rings. The average Bonchev–Trinajstić information content (AvgIpc) is 2.64. The lowest BCUT2D eigenvalue weighted by Gasteiger charge is -2.21. The first-order valence-electron chi connectivity index (χ1n) is 8.09. The van der Waals surface area contributed by atoms with Crippen LogP contribution in [0.1, 0.15) is 12.8 Å². The molecule has 2 aromatic rings. The van der Waals surface area contributed by atoms with Crippen molar-refractivity contribution in [2.24, 2.45) is 5.92 Å². The fourth-order valence-corrected chi connectivity index (χ4v) is 3.11. The molecule has 0 bridgehead atoms. The minimum Gasteiger partial charge on any atom is -0.496 e. The predicted octanol–water partition coefficient (Wildman–Crippen LogP) is 3.49. The second-order valence-electron chi connectivity index (χ2n) is 5.93. The molecule has 0 aliphatic carbocycles. The Balaban J connectivity index is 1.88. The van der Waals surface area contributed by atoms with E-state index in [0.29, 0.717) is 34.3 Å². The highest BCUT2D eigenvalue weighted by Crippen LogP contribution is 2.36. The van der Waals surface area contributed by atoms with Gasteiger partial charge in [0.05, 0.1) is 18.1 Å². The zero-order chi connectivity index (χ0) is 17.8. The monoisotopic (exact) mass is 363 g/mol. The summed E-state index contributed by atoms with van der Waals surface area (Å²) in [6.45, 7) is 1.59. The maximum atomic E-state index is 13.7. The second kappa shape index (κ2) is 7.80. The maximum Gasteiger partial charge on any atom is 0.229 e. The third-order valence-corrected chi connectivity index (χ3v) is 4.53. The molecule has 1 amide bonds. The number of aromatic nitrogens is 1. The topological polar surface area (TPSA) is 63.2 Å². The van der Waals surface area contributed by atoms with Crippen molar-refractivity contribution in [3.8, 4) is 16.9 Å². The lowest BCUT2D eigenvalue weighted by molar-refractivity contribution is -0.120. The van der Waals surface area contributed by atoms with Gasteiger partial charge in [-0.2, -0.15) is 0 Å². The van der Waals surface area contributed by atoms with Crippen LogP contribution in [0.15, 0.2) is 30.5 Å². The summed E-state index contributed by atoms with van der Waals surface area (Å²) in [4.78, 5) is 16.5. The molecule has 0 radical (unpaired) electrons. The summed E-state index contributed by atoms with van der Waals surface area (Å²) in [5.74, 6) is 0.296. The highest BCUT2D eigenvalue weighted by molar-refractivity contribution is 6.33. The van der Waals surface area contributed by atoms with Crippen LogP contribution in [-0.4, -0.2) is 31.1 Å². The van der Waals surface area contributed by atoms with E-state index in [0.717, 1.165) is 19.4 Å². The van der Waals surface area contributed by atoms with E-state index >= 15 is 0 Å². The number of carbonyl (C=O) groups is 1. The van der Waals surface area contributed by atoms with Gasteiger partial charge in [-0.25, -0.2) is 9.37 Å². The van der Waals surface area contributed by atoms with Crippen molar-refractivity contribution in [3.63, 3.8) is 0 Å². The summed E-state index contributed by atoms with van der Waals surface area (Å²) in [6.07, 6.45) is 3.25. The van der Waals surface area contributed by atoms with Crippen molar-refractivity contribution in [1.29, 1.82) is 0 Å². The number of pyridine rings is 1. The van der Waals surface area contributed by atoms with Crippen molar-refractivity contribution in [3.05, 3.63) is 41.3 Å². The van der Waals surface area contributed by atoms with Gasteiger partial charge in [0.2, 0.25) is 5.91 Å². The van der Waals surface area contributed by atoms with Crippen molar-refractivity contribution in [1.82, 2.24) is 10.3 Å². The number of amides is 1. The van der Waals surface area contributed by atoms with E-state index < -0.39 is 5.82 Å². The first-order chi connectivity index (χ1) is 12.1. The summed E-state index contributed by atoms with van der Waals surface area (Å²) in [5, 5.41) is 6.37. The molecule has 25 heavy (non-hydrogen) atoms. The van der Waals surface area contributed by atoms with Gasteiger partial charge in [-0.1, -0.05) is 11.6 Å². The molecule has 0 saturated carbocycles. The summed E-state index contributed by atoms with van der Waals surface area (Å²) in [6, 6.07) is 5.83. The lowest BCUT2D eigenvalue weighted by atomic mass is 9.99. The van der Waals surface area contributed by atoms with E-state index in [4.69, 9.17) is 16.3 Å². The second-order valence-corrected chi connectivity index (χ2v) is 6.33. The predicted molar refractivity (Wildman–Crippen MR) is 95.4 cm³/mol. The molecule has 1 aliphatic heterocycles. The quantitative estimate of drug-likeness (QED) is 0.872. The van der Waals surface area contributed by atoms with Gasteiger partial charge < -0.3 is 15.4 Å². The molecule has 2 N–H and O–H groups in total. The highest BCUT2D eigenvalue weighted by atomic mass is 35.5. The number of anilines is 1. The van der Waals surface area contributed by atoms with Crippen LogP contribution in [-0.2, 0) is 4.79 Å². The van der Waals surface area contributed by atoms with E-state index in [1.54, 1.807) is 6.07 Å². The summed E-state index contributed by atoms with van der Waals surface area (Å²) in [7, 11) is 1.50. The molecule has 1 atom stereocenters. The molecular formula is C18H19ClFN3O2. The van der Waals surface area contributed by atoms with Crippen molar-refractivity contribution >= 4 is 23.3 Å². The van der Waals surface area contributed by atoms with Crippen molar-refractivity contribution in [2.45, 2.75) is 12.8 Å². The van der Waals surface area contributed by atoms with Gasteiger partial charge in [-0.3, -0.25) is 4.79 Å². The standard InChI is InChI=1S/C18H19ClFN3O2/c1-25-16-5-4-12(20)7-14(16)13-8-17(22-10-15(13)19)23-18(24)11-3-2-6-21-9-11/h4-5,7-8,10-11,21H,2-3,6,9H2,1H3,(H,22,23,24)/t11-/m1/s1. The Kier molecular flexibility index (Phi) is 5.50. The minimum atomic E-state index is -0.400. The number of nitrogens with zero attached hydrogens (tertiary/aromatic N) is 1. The number of carbonyl (C=O) groups excluding carboxylic acids is 1. The Morgan fingerprint density at radius 1 is 1.40 bits per heavy atom. The fraction of sp³-hybridized carbons (Fsp3) is 0.333. The van der Waals surface area contributed by atoms with Gasteiger partial charge in [-0.15, -0.1) is 0 Å². The number of rotatable bonds is 4. The summed E-state index contributed by atoms with van der Waals surface area (Å²) < 4.78 is 18.9. The van der Waals surface area contributed by atoms with Crippen LogP contribution in [0.25, 0.3) is 11.1 Å². The molecule has 2 heterocycles. The van der Waals surface area contributed by atoms with Gasteiger partial charge in [-0.05, 0) is 43.7 Å². The van der Waals surface area contributed by atoms with Gasteiger partial charge in [0, 0.05) is 23.9 Å². The Hall–Kier alpha value is -2.18. The number of methoxy groups -OCH3 is 1. The van der Waals surface area contributed by atoms with Crippen LogP contribution in [0.2, 0.25) is 5.02 Å². The van der Waals surface area contributed by atoms with Gasteiger partial charge in [0.25, 0.3) is 0 Å². The Morgan fingerprint density at radius 2 is 2.24 bits per heavy atom. The average molecular weight is 364 g/mol. The Labute approximate surface area is 150 Å². The lowest BCUT2D eigenvalue weighted by Crippen LogP contribution is -2.37. The maximum absolute atomic E-state index is 13.7. The summed E-state index contributed by atoms with van der Waals surface area (Å²) in [5.41, 5.74) is 1.05. The molecule has 1 aromatic carbocycles. The number of hydrogen-bond donors (Lipinski definition) is 2. The largest absolute Gasteiger partial charge is 0.496 e. The molecular weight excluding hydrogens is 345 g/mol. The third-order valence-electron chi connectivity index (χ3n) is 4.23. The van der Waals surface area contributed by atoms with Gasteiger partial charge in [0.15, 0.2) is 0 Å². The molecule has 3 rings (SSSR count). The van der Waals surface area contributed by atoms with Gasteiger partial charge in [0.1, 0.15) is 17.4 Å². The van der Waals surface area contributed by atoms with Crippen molar-refractivity contribution in [2.75, 3.05) is 25.5 Å². The molecule has 5 nitrogen and oxygen atoms in total. The first kappa shape index (κ1) is 17.6. The molecule has 132 valence electrons.